The minimum atomic E-state index is -1.21. The highest BCUT2D eigenvalue weighted by Gasteiger charge is 2.52. The predicted octanol–water partition coefficient (Wildman–Crippen LogP) is -1.66. The minimum Gasteiger partial charge on any atom is -0.477 e. The number of methoxy groups -OCH3 is 1. The average Bonchev–Trinajstić information content (AvgIpc) is 2.80. The van der Waals surface area contributed by atoms with Crippen LogP contribution in [0.25, 0.3) is 0 Å². The van der Waals surface area contributed by atoms with Crippen molar-refractivity contribution in [1.29, 1.82) is 0 Å². The number of fused-ring (bicyclic) bond motifs is 2. The summed E-state index contributed by atoms with van der Waals surface area (Å²) in [7, 11) is 1.49. The van der Waals surface area contributed by atoms with E-state index < -0.39 is 35.9 Å². The number of esters is 1. The monoisotopic (exact) mass is 516 g/mol. The summed E-state index contributed by atoms with van der Waals surface area (Å²) in [5.41, 5.74) is 12.2. The third-order valence-electron chi connectivity index (χ3n) is 5.35. The molecule has 0 aromatic rings. The van der Waals surface area contributed by atoms with E-state index in [4.69, 9.17) is 31.2 Å². The van der Waals surface area contributed by atoms with Crippen LogP contribution < -0.4 is 11.5 Å². The Kier molecular flexibility index (Phi) is 7.92. The van der Waals surface area contributed by atoms with E-state index >= 15 is 0 Å². The topological polar surface area (TPSA) is 203 Å². The van der Waals surface area contributed by atoms with Crippen molar-refractivity contribution in [1.82, 2.24) is 9.80 Å². The number of ether oxygens (including phenoxy) is 2. The van der Waals surface area contributed by atoms with Crippen molar-refractivity contribution in [2.75, 3.05) is 31.8 Å². The zero-order valence-electron chi connectivity index (χ0n) is 18.3. The maximum atomic E-state index is 11.6. The van der Waals surface area contributed by atoms with Crippen LogP contribution in [0.4, 0.5) is 0 Å². The molecule has 6 N–H and O–H groups in total. The Hall–Kier alpha value is -2.59. The second-order valence-corrected chi connectivity index (χ2v) is 9.81. The van der Waals surface area contributed by atoms with Gasteiger partial charge in [0, 0.05) is 31.1 Å². The highest BCUT2D eigenvalue weighted by atomic mass is 32.2. The van der Waals surface area contributed by atoms with Gasteiger partial charge in [-0.05, 0) is 5.57 Å². The molecule has 0 aromatic heterocycles. The van der Waals surface area contributed by atoms with Gasteiger partial charge in [-0.2, -0.15) is 0 Å². The molecule has 4 heterocycles. The van der Waals surface area contributed by atoms with Crippen molar-refractivity contribution >= 4 is 53.2 Å². The fraction of sp³-hybridized carbons (Fsp3) is 0.526. The van der Waals surface area contributed by atoms with Gasteiger partial charge in [0.25, 0.3) is 0 Å². The molecule has 0 bridgehead atoms. The Balaban J connectivity index is 0.000000192. The average molecular weight is 517 g/mol. The smallest absolute Gasteiger partial charge is 0.352 e. The van der Waals surface area contributed by atoms with Crippen molar-refractivity contribution in [3.05, 3.63) is 22.5 Å². The van der Waals surface area contributed by atoms with Crippen LogP contribution in [-0.2, 0) is 33.4 Å². The van der Waals surface area contributed by atoms with E-state index in [1.807, 2.05) is 0 Å². The van der Waals surface area contributed by atoms with E-state index in [-0.39, 0.29) is 41.3 Å². The number of carbonyl (C=O) groups is 5. The van der Waals surface area contributed by atoms with Gasteiger partial charge >= 0.3 is 17.9 Å². The maximum Gasteiger partial charge on any atom is 0.352 e. The van der Waals surface area contributed by atoms with E-state index in [2.05, 4.69) is 0 Å². The molecule has 2 amide bonds. The number of hydrogen-bond donors (Lipinski definition) is 4. The molecule has 2 saturated heterocycles. The molecule has 0 spiro atoms. The number of hydrogen-bond acceptors (Lipinski definition) is 11. The summed E-state index contributed by atoms with van der Waals surface area (Å²) in [6, 6.07) is -1.23. The lowest BCUT2D eigenvalue weighted by Crippen LogP contribution is -2.68. The van der Waals surface area contributed by atoms with Crippen LogP contribution in [0.1, 0.15) is 6.92 Å². The lowest BCUT2D eigenvalue weighted by molar-refractivity contribution is -0.148. The van der Waals surface area contributed by atoms with Crippen LogP contribution in [0.3, 0.4) is 0 Å². The van der Waals surface area contributed by atoms with E-state index in [1.54, 1.807) is 0 Å². The van der Waals surface area contributed by atoms with Gasteiger partial charge in [0.05, 0.1) is 6.61 Å². The molecular formula is C19H24N4O9S2. The molecule has 4 unspecified atom stereocenters. The van der Waals surface area contributed by atoms with E-state index in [0.717, 1.165) is 0 Å². The van der Waals surface area contributed by atoms with E-state index in [1.165, 1.54) is 47.4 Å². The first kappa shape index (κ1) is 26.0. The van der Waals surface area contributed by atoms with Crippen LogP contribution >= 0.6 is 23.5 Å². The number of nitrogens with two attached hydrogens (primary N) is 2. The molecule has 34 heavy (non-hydrogen) atoms. The second-order valence-electron chi connectivity index (χ2n) is 7.60. The highest BCUT2D eigenvalue weighted by Crippen LogP contribution is 2.40. The molecule has 0 aromatic carbocycles. The Bertz CT molecular complexity index is 998. The number of carboxylic acids is 2. The van der Waals surface area contributed by atoms with Gasteiger partial charge in [0.2, 0.25) is 11.8 Å². The van der Waals surface area contributed by atoms with E-state index in [9.17, 15) is 24.0 Å². The molecular weight excluding hydrogens is 492 g/mol. The number of β-lactam (4-membered cyclic amide) rings is 2. The van der Waals surface area contributed by atoms with Gasteiger partial charge in [-0.1, -0.05) is 0 Å². The highest BCUT2D eigenvalue weighted by molar-refractivity contribution is 8.00. The molecule has 0 aliphatic carbocycles. The number of rotatable bonds is 6. The number of carboxylic acid groups (broad SMARTS) is 2. The van der Waals surface area contributed by atoms with Gasteiger partial charge in [-0.25, -0.2) is 9.59 Å². The number of carbonyl (C=O) groups excluding carboxylic acids is 3. The predicted molar refractivity (Wildman–Crippen MR) is 120 cm³/mol. The molecule has 13 nitrogen and oxygen atoms in total. The summed E-state index contributed by atoms with van der Waals surface area (Å²) in [4.78, 5) is 58.6. The molecule has 0 saturated carbocycles. The molecule has 4 rings (SSSR count). The van der Waals surface area contributed by atoms with Crippen molar-refractivity contribution in [2.45, 2.75) is 29.8 Å². The fourth-order valence-electron chi connectivity index (χ4n) is 3.75. The first-order valence-corrected chi connectivity index (χ1v) is 12.0. The van der Waals surface area contributed by atoms with Gasteiger partial charge in [0.15, 0.2) is 0 Å². The zero-order chi connectivity index (χ0) is 25.3. The van der Waals surface area contributed by atoms with Crippen LogP contribution in [0.5, 0.6) is 0 Å². The fourth-order valence-corrected chi connectivity index (χ4v) is 6.29. The van der Waals surface area contributed by atoms with E-state index in [0.29, 0.717) is 22.7 Å². The quantitative estimate of drug-likeness (QED) is 0.231. The molecule has 2 fully saturated rings. The number of nitrogens with zero attached hydrogens (tertiary/aromatic N) is 2. The number of aliphatic carboxylic acids is 2. The molecule has 4 aliphatic rings. The number of amides is 2. The molecule has 15 heteroatoms. The minimum absolute atomic E-state index is 0.0392. The van der Waals surface area contributed by atoms with Gasteiger partial charge < -0.3 is 31.2 Å². The largest absolute Gasteiger partial charge is 0.477 e. The number of thioether (sulfide) groups is 2. The van der Waals surface area contributed by atoms with Crippen LogP contribution in [0, 0.1) is 0 Å². The lowest BCUT2D eigenvalue weighted by atomic mass is 10.0. The van der Waals surface area contributed by atoms with Gasteiger partial charge in [0.1, 0.15) is 40.8 Å². The molecule has 0 radical (unpaired) electrons. The SMILES string of the molecule is CC(=O)OCC1=C(C(=O)O)N2C(=O)C(N)C2SC1.COCC1=C(C(=O)O)N2C(=O)C(N)C2SC1. The third kappa shape index (κ3) is 4.65. The van der Waals surface area contributed by atoms with Crippen LogP contribution in [0.2, 0.25) is 0 Å². The summed E-state index contributed by atoms with van der Waals surface area (Å²) in [5, 5.41) is 17.7. The molecule has 4 atom stereocenters. The third-order valence-corrected chi connectivity index (χ3v) is 8.07. The van der Waals surface area contributed by atoms with Crippen LogP contribution in [-0.4, -0.2) is 104 Å². The van der Waals surface area contributed by atoms with Crippen molar-refractivity contribution in [3.63, 3.8) is 0 Å². The van der Waals surface area contributed by atoms with Gasteiger partial charge in [-0.15, -0.1) is 23.5 Å². The first-order valence-electron chi connectivity index (χ1n) is 9.94. The Morgan fingerprint density at radius 1 is 0.912 bits per heavy atom. The Labute approximate surface area is 202 Å². The van der Waals surface area contributed by atoms with Gasteiger partial charge in [-0.3, -0.25) is 24.2 Å². The summed E-state index contributed by atoms with van der Waals surface area (Å²) >= 11 is 2.85. The summed E-state index contributed by atoms with van der Waals surface area (Å²) < 4.78 is 9.72. The maximum absolute atomic E-state index is 11.6. The van der Waals surface area contributed by atoms with Crippen LogP contribution in [0.15, 0.2) is 22.5 Å². The summed E-state index contributed by atoms with van der Waals surface area (Å²) in [5.74, 6) is -2.62. The standard InChI is InChI=1S/C10H12N2O5S.C9H12N2O4S/c1-4(13)17-2-5-3-18-9-6(11)8(14)12(9)7(5)10(15)16;1-15-2-4-3-16-8-5(10)7(12)11(8)6(4)9(13)14/h6,9H,2-3,11H2,1H3,(H,15,16);5,8H,2-3,10H2,1H3,(H,13,14). The lowest BCUT2D eigenvalue weighted by Gasteiger charge is -2.47. The Morgan fingerprint density at radius 3 is 1.68 bits per heavy atom. The summed E-state index contributed by atoms with van der Waals surface area (Å²) in [6.07, 6.45) is 0. The molecule has 4 aliphatic heterocycles. The second kappa shape index (κ2) is 10.4. The van der Waals surface area contributed by atoms with Crippen molar-refractivity contribution < 1.29 is 43.7 Å². The first-order chi connectivity index (χ1) is 16.0. The Morgan fingerprint density at radius 2 is 1.32 bits per heavy atom. The van der Waals surface area contributed by atoms with Crippen molar-refractivity contribution in [2.24, 2.45) is 11.5 Å². The zero-order valence-corrected chi connectivity index (χ0v) is 19.9. The normalized spacial score (nSPS) is 27.6. The van der Waals surface area contributed by atoms with Crippen molar-refractivity contribution in [3.8, 4) is 0 Å². The molecule has 186 valence electrons. The summed E-state index contributed by atoms with van der Waals surface area (Å²) in [6.45, 7) is 1.35.